The van der Waals surface area contributed by atoms with Gasteiger partial charge in [0.05, 0.1) is 0 Å². The van der Waals surface area contributed by atoms with Gasteiger partial charge in [0.2, 0.25) is 0 Å². The molecule has 0 amide bonds. The first-order valence-electron chi connectivity index (χ1n) is 3.88. The van der Waals surface area contributed by atoms with Crippen LogP contribution in [-0.2, 0) is 4.79 Å². The molecule has 1 nitrogen and oxygen atoms in total. The van der Waals surface area contributed by atoms with E-state index in [4.69, 9.17) is 0 Å². The molecule has 0 N–H and O–H groups in total. The van der Waals surface area contributed by atoms with E-state index in [0.717, 1.165) is 12.8 Å². The zero-order chi connectivity index (χ0) is 7.98. The van der Waals surface area contributed by atoms with Crippen molar-refractivity contribution in [2.24, 2.45) is 5.92 Å². The fraction of sp³-hybridized carbons (Fsp3) is 0.667. The molecule has 1 unspecified atom stereocenters. The molecule has 0 aliphatic heterocycles. The summed E-state index contributed by atoms with van der Waals surface area (Å²) in [6.07, 6.45) is 5.54. The second-order valence-corrected chi connectivity index (χ2v) is 2.59. The second-order valence-electron chi connectivity index (χ2n) is 2.59. The predicted octanol–water partition coefficient (Wildman–Crippen LogP) is 2.57. The lowest BCUT2D eigenvalue weighted by Crippen LogP contribution is -2.06. The van der Waals surface area contributed by atoms with Crippen LogP contribution in [0, 0.1) is 5.92 Å². The number of ketones is 1. The summed E-state index contributed by atoms with van der Waals surface area (Å²) in [6.45, 7) is 5.95. The van der Waals surface area contributed by atoms with Crippen molar-refractivity contribution in [2.45, 2.75) is 33.6 Å². The molecule has 0 rings (SSSR count). The van der Waals surface area contributed by atoms with Crippen molar-refractivity contribution in [1.29, 1.82) is 0 Å². The van der Waals surface area contributed by atoms with E-state index in [9.17, 15) is 4.79 Å². The SMILES string of the molecule is C/C=C/C(=O)C(C)CCC. The van der Waals surface area contributed by atoms with Gasteiger partial charge < -0.3 is 0 Å². The van der Waals surface area contributed by atoms with E-state index >= 15 is 0 Å². The maximum atomic E-state index is 11.0. The molecule has 0 heterocycles. The van der Waals surface area contributed by atoms with Crippen molar-refractivity contribution in [3.63, 3.8) is 0 Å². The zero-order valence-electron chi connectivity index (χ0n) is 7.05. The van der Waals surface area contributed by atoms with Gasteiger partial charge >= 0.3 is 0 Å². The van der Waals surface area contributed by atoms with Crippen LogP contribution in [-0.4, -0.2) is 5.78 Å². The van der Waals surface area contributed by atoms with Crippen LogP contribution in [0.5, 0.6) is 0 Å². The number of carbonyl (C=O) groups excluding carboxylic acids is 1. The highest BCUT2D eigenvalue weighted by Gasteiger charge is 2.06. The summed E-state index contributed by atoms with van der Waals surface area (Å²) in [5, 5.41) is 0. The van der Waals surface area contributed by atoms with Crippen LogP contribution in [0.4, 0.5) is 0 Å². The molecule has 0 aliphatic rings. The van der Waals surface area contributed by atoms with E-state index in [1.54, 1.807) is 12.2 Å². The van der Waals surface area contributed by atoms with Gasteiger partial charge in [0, 0.05) is 5.92 Å². The molecule has 0 aliphatic carbocycles. The van der Waals surface area contributed by atoms with Gasteiger partial charge in [-0.25, -0.2) is 0 Å². The lowest BCUT2D eigenvalue weighted by atomic mass is 10.0. The van der Waals surface area contributed by atoms with Gasteiger partial charge in [-0.05, 0) is 19.4 Å². The maximum Gasteiger partial charge on any atom is 0.158 e. The number of allylic oxidation sites excluding steroid dienone is 2. The largest absolute Gasteiger partial charge is 0.295 e. The van der Waals surface area contributed by atoms with Crippen LogP contribution in [0.2, 0.25) is 0 Å². The molecule has 1 heteroatoms. The van der Waals surface area contributed by atoms with Crippen LogP contribution >= 0.6 is 0 Å². The summed E-state index contributed by atoms with van der Waals surface area (Å²) in [5.74, 6) is 0.463. The van der Waals surface area contributed by atoms with E-state index in [1.165, 1.54) is 0 Å². The first-order valence-corrected chi connectivity index (χ1v) is 3.88. The van der Waals surface area contributed by atoms with Crippen LogP contribution in [0.25, 0.3) is 0 Å². The van der Waals surface area contributed by atoms with Crippen molar-refractivity contribution in [3.05, 3.63) is 12.2 Å². The highest BCUT2D eigenvalue weighted by molar-refractivity contribution is 5.91. The number of hydrogen-bond donors (Lipinski definition) is 0. The quantitative estimate of drug-likeness (QED) is 0.548. The van der Waals surface area contributed by atoms with Crippen LogP contribution in [0.15, 0.2) is 12.2 Å². The summed E-state index contributed by atoms with van der Waals surface area (Å²) < 4.78 is 0. The minimum atomic E-state index is 0.209. The van der Waals surface area contributed by atoms with E-state index in [-0.39, 0.29) is 11.7 Å². The lowest BCUT2D eigenvalue weighted by molar-refractivity contribution is -0.117. The number of carbonyl (C=O) groups is 1. The molecule has 10 heavy (non-hydrogen) atoms. The van der Waals surface area contributed by atoms with Crippen molar-refractivity contribution in [1.82, 2.24) is 0 Å². The Bertz CT molecular complexity index is 125. The highest BCUT2D eigenvalue weighted by atomic mass is 16.1. The minimum absolute atomic E-state index is 0.209. The highest BCUT2D eigenvalue weighted by Crippen LogP contribution is 2.06. The third-order valence-electron chi connectivity index (χ3n) is 1.54. The maximum absolute atomic E-state index is 11.0. The molecular formula is C9H16O. The average Bonchev–Trinajstić information content (AvgIpc) is 1.89. The van der Waals surface area contributed by atoms with Crippen LogP contribution < -0.4 is 0 Å². The molecule has 0 radical (unpaired) electrons. The van der Waals surface area contributed by atoms with E-state index in [0.29, 0.717) is 0 Å². The summed E-state index contributed by atoms with van der Waals surface area (Å²) in [6, 6.07) is 0. The Morgan fingerprint density at radius 2 is 2.20 bits per heavy atom. The molecule has 0 saturated heterocycles. The molecule has 0 fully saturated rings. The summed E-state index contributed by atoms with van der Waals surface area (Å²) in [7, 11) is 0. The topological polar surface area (TPSA) is 17.1 Å². The van der Waals surface area contributed by atoms with Crippen molar-refractivity contribution >= 4 is 5.78 Å². The molecular weight excluding hydrogens is 124 g/mol. The molecule has 0 bridgehead atoms. The Labute approximate surface area is 63.1 Å². The van der Waals surface area contributed by atoms with Gasteiger partial charge in [-0.15, -0.1) is 0 Å². The first-order chi connectivity index (χ1) is 4.72. The standard InChI is InChI=1S/C9H16O/c1-4-6-8(3)9(10)7-5-2/h5,7-8H,4,6H2,1-3H3/b7-5+. The van der Waals surface area contributed by atoms with Gasteiger partial charge in [-0.2, -0.15) is 0 Å². The molecule has 58 valence electrons. The fourth-order valence-corrected chi connectivity index (χ4v) is 0.904. The van der Waals surface area contributed by atoms with Gasteiger partial charge in [0.15, 0.2) is 5.78 Å². The molecule has 0 aromatic rings. The Morgan fingerprint density at radius 1 is 1.60 bits per heavy atom. The van der Waals surface area contributed by atoms with Gasteiger partial charge in [0.25, 0.3) is 0 Å². The van der Waals surface area contributed by atoms with Gasteiger partial charge in [0.1, 0.15) is 0 Å². The average molecular weight is 140 g/mol. The summed E-state index contributed by atoms with van der Waals surface area (Å²) in [4.78, 5) is 11.0. The molecule has 0 spiro atoms. The Balaban J connectivity index is 3.70. The molecule has 0 saturated carbocycles. The monoisotopic (exact) mass is 140 g/mol. The second kappa shape index (κ2) is 5.21. The Hall–Kier alpha value is -0.590. The first kappa shape index (κ1) is 9.41. The summed E-state index contributed by atoms with van der Waals surface area (Å²) in [5.41, 5.74) is 0. The van der Waals surface area contributed by atoms with Crippen molar-refractivity contribution in [3.8, 4) is 0 Å². The number of hydrogen-bond acceptors (Lipinski definition) is 1. The summed E-state index contributed by atoms with van der Waals surface area (Å²) >= 11 is 0. The van der Waals surface area contributed by atoms with Gasteiger partial charge in [-0.1, -0.05) is 26.3 Å². The van der Waals surface area contributed by atoms with Gasteiger partial charge in [-0.3, -0.25) is 4.79 Å². The third kappa shape index (κ3) is 3.44. The lowest BCUT2D eigenvalue weighted by Gasteiger charge is -2.03. The Kier molecular flexibility index (Phi) is 4.91. The Morgan fingerprint density at radius 3 is 2.60 bits per heavy atom. The fourth-order valence-electron chi connectivity index (χ4n) is 0.904. The van der Waals surface area contributed by atoms with E-state index < -0.39 is 0 Å². The van der Waals surface area contributed by atoms with E-state index in [2.05, 4.69) is 6.92 Å². The molecule has 0 aromatic heterocycles. The predicted molar refractivity (Wildman–Crippen MR) is 43.9 cm³/mol. The van der Waals surface area contributed by atoms with Crippen LogP contribution in [0.3, 0.4) is 0 Å². The molecule has 1 atom stereocenters. The van der Waals surface area contributed by atoms with Crippen LogP contribution in [0.1, 0.15) is 33.6 Å². The minimum Gasteiger partial charge on any atom is -0.295 e. The third-order valence-corrected chi connectivity index (χ3v) is 1.54. The van der Waals surface area contributed by atoms with Crippen molar-refractivity contribution < 1.29 is 4.79 Å². The normalized spacial score (nSPS) is 13.9. The molecule has 0 aromatic carbocycles. The van der Waals surface area contributed by atoms with Crippen molar-refractivity contribution in [2.75, 3.05) is 0 Å². The number of rotatable bonds is 4. The smallest absolute Gasteiger partial charge is 0.158 e. The van der Waals surface area contributed by atoms with E-state index in [1.807, 2.05) is 13.8 Å². The zero-order valence-corrected chi connectivity index (χ0v) is 7.05.